The molecule has 0 saturated carbocycles. The highest BCUT2D eigenvalue weighted by atomic mass is 15.5. The zero-order chi connectivity index (χ0) is 18.3. The number of hydrogen-bond acceptors (Lipinski definition) is 2. The number of aromatic nitrogens is 3. The second kappa shape index (κ2) is 6.46. The average Bonchev–Trinajstić information content (AvgIpc) is 3.10. The molecule has 0 aliphatic heterocycles. The van der Waals surface area contributed by atoms with Gasteiger partial charge >= 0.3 is 0 Å². The summed E-state index contributed by atoms with van der Waals surface area (Å²) in [6.45, 7) is 8.99. The molecule has 0 saturated heterocycles. The quantitative estimate of drug-likeness (QED) is 0.677. The lowest BCUT2D eigenvalue weighted by Crippen LogP contribution is -2.33. The van der Waals surface area contributed by atoms with Crippen LogP contribution in [0, 0.1) is 0 Å². The molecule has 0 radical (unpaired) electrons. The number of hydrogen-bond donors (Lipinski definition) is 0. The normalized spacial score (nSPS) is 15.9. The van der Waals surface area contributed by atoms with Gasteiger partial charge < -0.3 is 0 Å². The summed E-state index contributed by atoms with van der Waals surface area (Å²) in [4.78, 5) is 0. The topological polar surface area (TPSA) is 30.7 Å². The summed E-state index contributed by atoms with van der Waals surface area (Å²) in [5, 5.41) is 9.32. The van der Waals surface area contributed by atoms with E-state index < -0.39 is 0 Å². The van der Waals surface area contributed by atoms with Crippen molar-refractivity contribution in [3.05, 3.63) is 59.7 Å². The predicted octanol–water partition coefficient (Wildman–Crippen LogP) is 3.87. The van der Waals surface area contributed by atoms with Gasteiger partial charge in [0.2, 0.25) is 0 Å². The molecular weight excluding hydrogens is 316 g/mol. The van der Waals surface area contributed by atoms with E-state index >= 15 is 0 Å². The van der Waals surface area contributed by atoms with Crippen LogP contribution < -0.4 is 0 Å². The molecular formula is C21H25B2N3. The van der Waals surface area contributed by atoms with Crippen LogP contribution in [-0.4, -0.2) is 29.6 Å². The SMILES string of the molecule is CBC1Cc2ccccc2-c2nnn(C(C)(C)BC)c2-c2ccccc21. The Balaban J connectivity index is 2.10. The van der Waals surface area contributed by atoms with Crippen molar-refractivity contribution in [3.8, 4) is 22.5 Å². The molecule has 1 aliphatic rings. The summed E-state index contributed by atoms with van der Waals surface area (Å²) in [5.41, 5.74) is 7.41. The second-order valence-electron chi connectivity index (χ2n) is 7.92. The third-order valence-electron chi connectivity index (χ3n) is 6.00. The van der Waals surface area contributed by atoms with Gasteiger partial charge in [-0.2, -0.15) is 0 Å². The van der Waals surface area contributed by atoms with Crippen LogP contribution in [0.25, 0.3) is 22.5 Å². The van der Waals surface area contributed by atoms with Gasteiger partial charge in [-0.1, -0.05) is 67.4 Å². The van der Waals surface area contributed by atoms with Crippen LogP contribution in [0.4, 0.5) is 0 Å². The fourth-order valence-corrected chi connectivity index (χ4v) is 4.02. The van der Waals surface area contributed by atoms with Crippen LogP contribution in [0.15, 0.2) is 48.5 Å². The van der Waals surface area contributed by atoms with Crippen molar-refractivity contribution in [1.29, 1.82) is 0 Å². The van der Waals surface area contributed by atoms with E-state index in [9.17, 15) is 0 Å². The average molecular weight is 341 g/mol. The number of benzene rings is 2. The van der Waals surface area contributed by atoms with Crippen LogP contribution in [0.3, 0.4) is 0 Å². The summed E-state index contributed by atoms with van der Waals surface area (Å²) >= 11 is 0. The molecule has 1 unspecified atom stereocenters. The number of nitrogens with zero attached hydrogens (tertiary/aromatic N) is 3. The van der Waals surface area contributed by atoms with E-state index in [4.69, 9.17) is 0 Å². The first-order valence-electron chi connectivity index (χ1n) is 9.70. The molecule has 3 aromatic rings. The lowest BCUT2D eigenvalue weighted by Gasteiger charge is -2.28. The van der Waals surface area contributed by atoms with Gasteiger partial charge in [-0.15, -0.1) is 5.10 Å². The van der Waals surface area contributed by atoms with E-state index in [1.165, 1.54) is 22.3 Å². The Hall–Kier alpha value is -2.29. The smallest absolute Gasteiger partial charge is 0.152 e. The Kier molecular flexibility index (Phi) is 4.26. The van der Waals surface area contributed by atoms with Gasteiger partial charge in [0.15, 0.2) is 7.28 Å². The molecule has 0 spiro atoms. The largest absolute Gasteiger partial charge is 0.247 e. The van der Waals surface area contributed by atoms with Crippen LogP contribution in [0.5, 0.6) is 0 Å². The van der Waals surface area contributed by atoms with Gasteiger partial charge in [0.1, 0.15) is 13.0 Å². The van der Waals surface area contributed by atoms with Crippen molar-refractivity contribution in [2.75, 3.05) is 0 Å². The molecule has 5 heteroatoms. The first-order valence-corrected chi connectivity index (χ1v) is 9.70. The summed E-state index contributed by atoms with van der Waals surface area (Å²) < 4.78 is 2.15. The number of rotatable bonds is 3. The van der Waals surface area contributed by atoms with Gasteiger partial charge in [-0.05, 0) is 37.2 Å². The molecule has 0 fully saturated rings. The highest BCUT2D eigenvalue weighted by Crippen LogP contribution is 2.42. The first kappa shape index (κ1) is 17.1. The molecule has 1 aromatic heterocycles. The number of fused-ring (bicyclic) bond motifs is 5. The molecule has 4 rings (SSSR count). The maximum absolute atomic E-state index is 4.68. The Morgan fingerprint density at radius 3 is 2.42 bits per heavy atom. The Labute approximate surface area is 157 Å². The van der Waals surface area contributed by atoms with E-state index in [0.29, 0.717) is 5.82 Å². The van der Waals surface area contributed by atoms with Crippen molar-refractivity contribution < 1.29 is 0 Å². The monoisotopic (exact) mass is 341 g/mol. The minimum Gasteiger partial charge on any atom is -0.247 e. The molecule has 1 atom stereocenters. The maximum atomic E-state index is 4.68. The van der Waals surface area contributed by atoms with E-state index in [1.807, 2.05) is 0 Å². The van der Waals surface area contributed by atoms with Crippen molar-refractivity contribution in [2.45, 2.75) is 45.2 Å². The van der Waals surface area contributed by atoms with Crippen molar-refractivity contribution in [2.24, 2.45) is 0 Å². The van der Waals surface area contributed by atoms with Crippen LogP contribution in [0.1, 0.15) is 30.8 Å². The van der Waals surface area contributed by atoms with Crippen LogP contribution in [-0.2, 0) is 11.9 Å². The highest BCUT2D eigenvalue weighted by molar-refractivity contribution is 6.37. The molecule has 2 aromatic carbocycles. The Morgan fingerprint density at radius 1 is 1.00 bits per heavy atom. The fraction of sp³-hybridized carbons (Fsp3) is 0.333. The predicted molar refractivity (Wildman–Crippen MR) is 113 cm³/mol. The standard InChI is InChI=1S/C21H25B2N3/c1-21(2,23-4)26-20-17-12-8-7-11-16(17)18(22-3)13-14-9-5-6-10-15(14)19(20)24-25-26/h5-12,18,22-23H,13H2,1-4H3. The van der Waals surface area contributed by atoms with Crippen LogP contribution >= 0.6 is 0 Å². The maximum Gasteiger partial charge on any atom is 0.152 e. The molecule has 1 aliphatic carbocycles. The molecule has 0 amide bonds. The van der Waals surface area contributed by atoms with E-state index in [-0.39, 0.29) is 5.44 Å². The highest BCUT2D eigenvalue weighted by Gasteiger charge is 2.31. The Bertz CT molecular complexity index is 946. The van der Waals surface area contributed by atoms with Crippen LogP contribution in [0.2, 0.25) is 13.6 Å². The zero-order valence-electron chi connectivity index (χ0n) is 16.2. The van der Waals surface area contributed by atoms with Gasteiger partial charge in [0, 0.05) is 16.6 Å². The molecule has 130 valence electrons. The van der Waals surface area contributed by atoms with Crippen molar-refractivity contribution >= 4 is 14.6 Å². The lowest BCUT2D eigenvalue weighted by atomic mass is 9.59. The molecule has 3 nitrogen and oxygen atoms in total. The summed E-state index contributed by atoms with van der Waals surface area (Å²) in [6, 6.07) is 17.5. The summed E-state index contributed by atoms with van der Waals surface area (Å²) in [7, 11) is 2.13. The van der Waals surface area contributed by atoms with Crippen molar-refractivity contribution in [1.82, 2.24) is 15.0 Å². The van der Waals surface area contributed by atoms with Gasteiger partial charge in [0.25, 0.3) is 0 Å². The summed E-state index contributed by atoms with van der Waals surface area (Å²) in [5.74, 6) is 0.508. The molecule has 26 heavy (non-hydrogen) atoms. The minimum absolute atomic E-state index is 0.0798. The van der Waals surface area contributed by atoms with Gasteiger partial charge in [-0.25, -0.2) is 4.68 Å². The lowest BCUT2D eigenvalue weighted by molar-refractivity contribution is 0.449. The zero-order valence-corrected chi connectivity index (χ0v) is 16.2. The molecule has 1 heterocycles. The fourth-order valence-electron chi connectivity index (χ4n) is 4.02. The Morgan fingerprint density at radius 2 is 1.69 bits per heavy atom. The summed E-state index contributed by atoms with van der Waals surface area (Å²) in [6.07, 6.45) is 1.05. The second-order valence-corrected chi connectivity index (χ2v) is 7.92. The van der Waals surface area contributed by atoms with Gasteiger partial charge in [-0.3, -0.25) is 0 Å². The molecule has 0 bridgehead atoms. The van der Waals surface area contributed by atoms with E-state index in [0.717, 1.165) is 32.4 Å². The third-order valence-corrected chi connectivity index (χ3v) is 6.00. The van der Waals surface area contributed by atoms with Crippen molar-refractivity contribution in [3.63, 3.8) is 0 Å². The van der Waals surface area contributed by atoms with E-state index in [1.54, 1.807) is 0 Å². The minimum atomic E-state index is -0.0798. The third kappa shape index (κ3) is 2.61. The van der Waals surface area contributed by atoms with Gasteiger partial charge in [0.05, 0.1) is 5.69 Å². The molecule has 0 N–H and O–H groups in total. The van der Waals surface area contributed by atoms with E-state index in [2.05, 4.69) is 91.0 Å². The first-order chi connectivity index (χ1) is 12.6.